The zero-order valence-corrected chi connectivity index (χ0v) is 12.7. The van der Waals surface area contributed by atoms with E-state index in [1.807, 2.05) is 6.07 Å². The molecule has 110 valence electrons. The normalized spacial score (nSPS) is 12.0. The van der Waals surface area contributed by atoms with E-state index in [0.717, 1.165) is 0 Å². The van der Waals surface area contributed by atoms with E-state index in [9.17, 15) is 10.1 Å². The summed E-state index contributed by atoms with van der Waals surface area (Å²) in [5.41, 5.74) is 4.34. The van der Waals surface area contributed by atoms with Crippen LogP contribution in [0.25, 0.3) is 0 Å². The van der Waals surface area contributed by atoms with Gasteiger partial charge in [0, 0.05) is 5.56 Å². The number of aryl methyl sites for hydroxylation is 2. The van der Waals surface area contributed by atoms with E-state index in [4.69, 9.17) is 0 Å². The van der Waals surface area contributed by atoms with E-state index in [0.29, 0.717) is 11.4 Å². The largest absolute Gasteiger partial charge is 0.364 e. The third-order valence-corrected chi connectivity index (χ3v) is 3.76. The molecular formula is C16H19N3O2. The van der Waals surface area contributed by atoms with Crippen molar-refractivity contribution in [2.45, 2.75) is 33.7 Å². The fraction of sp³-hybridized carbons (Fsp3) is 0.312. The summed E-state index contributed by atoms with van der Waals surface area (Å²) < 4.78 is 0. The highest BCUT2D eigenvalue weighted by atomic mass is 16.6. The van der Waals surface area contributed by atoms with Crippen LogP contribution < -0.4 is 5.32 Å². The van der Waals surface area contributed by atoms with Crippen LogP contribution in [0.2, 0.25) is 0 Å². The summed E-state index contributed by atoms with van der Waals surface area (Å²) in [6.45, 7) is 7.95. The van der Waals surface area contributed by atoms with Gasteiger partial charge < -0.3 is 5.32 Å². The highest BCUT2D eigenvalue weighted by Crippen LogP contribution is 2.25. The third kappa shape index (κ3) is 3.18. The summed E-state index contributed by atoms with van der Waals surface area (Å²) in [4.78, 5) is 14.5. The van der Waals surface area contributed by atoms with Gasteiger partial charge in [-0.05, 0) is 50.5 Å². The first-order chi connectivity index (χ1) is 9.90. The average Bonchev–Trinajstić information content (AvgIpc) is 2.41. The molecular weight excluding hydrogens is 266 g/mol. The molecule has 1 atom stereocenters. The smallest absolute Gasteiger partial charge is 0.290 e. The molecule has 2 aromatic rings. The summed E-state index contributed by atoms with van der Waals surface area (Å²) in [6, 6.07) is 7.99. The van der Waals surface area contributed by atoms with Gasteiger partial charge in [0.15, 0.2) is 0 Å². The van der Waals surface area contributed by atoms with Crippen LogP contribution in [0.3, 0.4) is 0 Å². The zero-order chi connectivity index (χ0) is 15.6. The van der Waals surface area contributed by atoms with Gasteiger partial charge in [0.1, 0.15) is 12.0 Å². The first-order valence-corrected chi connectivity index (χ1v) is 6.84. The SMILES string of the molecule is Cc1cc(NC(C)c2cccc(C)c2C)ncc1[N+](=O)[O-]. The number of hydrogen-bond donors (Lipinski definition) is 1. The van der Waals surface area contributed by atoms with Gasteiger partial charge in [-0.2, -0.15) is 0 Å². The Balaban J connectivity index is 2.24. The summed E-state index contributed by atoms with van der Waals surface area (Å²) in [5.74, 6) is 0.645. The molecule has 1 N–H and O–H groups in total. The number of nitrogens with one attached hydrogen (secondary N) is 1. The minimum absolute atomic E-state index is 0.0416. The van der Waals surface area contributed by atoms with Gasteiger partial charge in [0.05, 0.1) is 11.0 Å². The molecule has 1 heterocycles. The second-order valence-electron chi connectivity index (χ2n) is 5.27. The van der Waals surface area contributed by atoms with Crippen LogP contribution in [0, 0.1) is 30.9 Å². The van der Waals surface area contributed by atoms with Gasteiger partial charge in [0.2, 0.25) is 0 Å². The molecule has 1 aromatic carbocycles. The Morgan fingerprint density at radius 2 is 1.95 bits per heavy atom. The lowest BCUT2D eigenvalue weighted by Gasteiger charge is -2.18. The van der Waals surface area contributed by atoms with E-state index in [1.165, 1.54) is 22.9 Å². The summed E-state index contributed by atoms with van der Waals surface area (Å²) in [6.07, 6.45) is 1.30. The molecule has 0 aliphatic carbocycles. The van der Waals surface area contributed by atoms with Crippen molar-refractivity contribution in [3.05, 3.63) is 62.8 Å². The minimum atomic E-state index is -0.416. The minimum Gasteiger partial charge on any atom is -0.364 e. The van der Waals surface area contributed by atoms with Crippen LogP contribution in [0.15, 0.2) is 30.5 Å². The zero-order valence-electron chi connectivity index (χ0n) is 12.7. The molecule has 0 radical (unpaired) electrons. The van der Waals surface area contributed by atoms with Crippen molar-refractivity contribution in [2.75, 3.05) is 5.32 Å². The van der Waals surface area contributed by atoms with Crippen LogP contribution >= 0.6 is 0 Å². The fourth-order valence-electron chi connectivity index (χ4n) is 2.36. The second-order valence-corrected chi connectivity index (χ2v) is 5.27. The summed E-state index contributed by atoms with van der Waals surface area (Å²) in [5, 5.41) is 14.1. The van der Waals surface area contributed by atoms with Crippen molar-refractivity contribution in [3.8, 4) is 0 Å². The molecule has 0 bridgehead atoms. The highest BCUT2D eigenvalue weighted by Gasteiger charge is 2.14. The van der Waals surface area contributed by atoms with E-state index in [-0.39, 0.29) is 11.7 Å². The quantitative estimate of drug-likeness (QED) is 0.678. The predicted octanol–water partition coefficient (Wildman–Crippen LogP) is 4.09. The Bertz CT molecular complexity index is 683. The van der Waals surface area contributed by atoms with Gasteiger partial charge in [-0.15, -0.1) is 0 Å². The molecule has 5 heteroatoms. The lowest BCUT2D eigenvalue weighted by molar-refractivity contribution is -0.385. The third-order valence-electron chi connectivity index (χ3n) is 3.76. The van der Waals surface area contributed by atoms with Crippen molar-refractivity contribution in [1.29, 1.82) is 0 Å². The molecule has 2 rings (SSSR count). The first-order valence-electron chi connectivity index (χ1n) is 6.84. The van der Waals surface area contributed by atoms with Crippen molar-refractivity contribution < 1.29 is 4.92 Å². The van der Waals surface area contributed by atoms with Crippen molar-refractivity contribution in [2.24, 2.45) is 0 Å². The Labute approximate surface area is 124 Å². The number of nitrogens with zero attached hydrogens (tertiary/aromatic N) is 2. The summed E-state index contributed by atoms with van der Waals surface area (Å²) >= 11 is 0. The van der Waals surface area contributed by atoms with Gasteiger partial charge >= 0.3 is 0 Å². The van der Waals surface area contributed by atoms with Crippen LogP contribution in [-0.2, 0) is 0 Å². The molecule has 0 aliphatic rings. The Kier molecular flexibility index (Phi) is 4.21. The van der Waals surface area contributed by atoms with E-state index < -0.39 is 4.92 Å². The summed E-state index contributed by atoms with van der Waals surface area (Å²) in [7, 11) is 0. The molecule has 0 saturated heterocycles. The van der Waals surface area contributed by atoms with Gasteiger partial charge in [-0.1, -0.05) is 18.2 Å². The standard InChI is InChI=1S/C16H19N3O2/c1-10-6-5-7-14(12(10)3)13(4)18-16-8-11(2)15(9-17-16)19(20)21/h5-9,13H,1-4H3,(H,17,18). The maximum Gasteiger partial charge on any atom is 0.290 e. The van der Waals surface area contributed by atoms with Crippen molar-refractivity contribution >= 4 is 11.5 Å². The fourth-order valence-corrected chi connectivity index (χ4v) is 2.36. The van der Waals surface area contributed by atoms with Crippen molar-refractivity contribution in [3.63, 3.8) is 0 Å². The maximum atomic E-state index is 10.8. The van der Waals surface area contributed by atoms with Crippen LogP contribution in [0.5, 0.6) is 0 Å². The highest BCUT2D eigenvalue weighted by molar-refractivity contribution is 5.49. The molecule has 21 heavy (non-hydrogen) atoms. The van der Waals surface area contributed by atoms with Crippen LogP contribution in [0.1, 0.15) is 35.2 Å². The second kappa shape index (κ2) is 5.91. The molecule has 0 aliphatic heterocycles. The molecule has 1 aromatic heterocycles. The van der Waals surface area contributed by atoms with E-state index >= 15 is 0 Å². The lowest BCUT2D eigenvalue weighted by Crippen LogP contribution is -2.10. The number of anilines is 1. The van der Waals surface area contributed by atoms with Crippen LogP contribution in [-0.4, -0.2) is 9.91 Å². The number of rotatable bonds is 4. The molecule has 0 saturated carbocycles. The number of nitro groups is 1. The van der Waals surface area contributed by atoms with E-state index in [1.54, 1.807) is 13.0 Å². The molecule has 1 unspecified atom stereocenters. The van der Waals surface area contributed by atoms with E-state index in [2.05, 4.69) is 43.2 Å². The van der Waals surface area contributed by atoms with Crippen LogP contribution in [0.4, 0.5) is 11.5 Å². The first kappa shape index (κ1) is 15.0. The van der Waals surface area contributed by atoms with Gasteiger partial charge in [0.25, 0.3) is 5.69 Å². The predicted molar refractivity (Wildman–Crippen MR) is 83.6 cm³/mol. The van der Waals surface area contributed by atoms with Gasteiger partial charge in [-0.3, -0.25) is 10.1 Å². The molecule has 0 spiro atoms. The Morgan fingerprint density at radius 3 is 2.57 bits per heavy atom. The molecule has 0 fully saturated rings. The molecule has 5 nitrogen and oxygen atoms in total. The number of aromatic nitrogens is 1. The number of benzene rings is 1. The van der Waals surface area contributed by atoms with Gasteiger partial charge in [-0.25, -0.2) is 4.98 Å². The average molecular weight is 285 g/mol. The number of pyridine rings is 1. The monoisotopic (exact) mass is 285 g/mol. The number of hydrogen-bond acceptors (Lipinski definition) is 4. The maximum absolute atomic E-state index is 10.8. The Morgan fingerprint density at radius 1 is 1.24 bits per heavy atom. The molecule has 0 amide bonds. The van der Waals surface area contributed by atoms with Crippen molar-refractivity contribution in [1.82, 2.24) is 4.98 Å². The Hall–Kier alpha value is -2.43. The topological polar surface area (TPSA) is 68.1 Å². The lowest BCUT2D eigenvalue weighted by atomic mass is 9.98.